The number of para-hydroxylation sites is 1. The van der Waals surface area contributed by atoms with Gasteiger partial charge in [0.15, 0.2) is 0 Å². The molecule has 1 N–H and O–H groups in total. The number of hydrogen-bond acceptors (Lipinski definition) is 4. The zero-order chi connectivity index (χ0) is 13.9. The van der Waals surface area contributed by atoms with Gasteiger partial charge >= 0.3 is 0 Å². The van der Waals surface area contributed by atoms with Crippen LogP contribution in [0, 0.1) is 0 Å². The topological polar surface area (TPSA) is 45.2 Å². The molecule has 2 aromatic rings. The quantitative estimate of drug-likeness (QED) is 0.940. The zero-order valence-electron chi connectivity index (χ0n) is 11.6. The number of piperazine rings is 1. The maximum Gasteiger partial charge on any atom is 0.223 e. The van der Waals surface area contributed by atoms with E-state index >= 15 is 0 Å². The van der Waals surface area contributed by atoms with E-state index in [1.807, 2.05) is 23.1 Å². The molecule has 2 heterocycles. The molecule has 1 aromatic heterocycles. The van der Waals surface area contributed by atoms with Gasteiger partial charge in [-0.1, -0.05) is 12.1 Å². The Morgan fingerprint density at radius 3 is 3.15 bits per heavy atom. The number of carbonyl (C=O) groups excluding carboxylic acids is 1. The van der Waals surface area contributed by atoms with Crippen LogP contribution in [0.3, 0.4) is 0 Å². The fourth-order valence-electron chi connectivity index (χ4n) is 2.56. The summed E-state index contributed by atoms with van der Waals surface area (Å²) in [6.45, 7) is 4.66. The summed E-state index contributed by atoms with van der Waals surface area (Å²) in [5.41, 5.74) is 1.04. The predicted molar refractivity (Wildman–Crippen MR) is 82.0 cm³/mol. The molecule has 0 spiro atoms. The van der Waals surface area contributed by atoms with Crippen molar-refractivity contribution in [3.8, 4) is 0 Å². The van der Waals surface area contributed by atoms with Gasteiger partial charge in [-0.05, 0) is 19.1 Å². The van der Waals surface area contributed by atoms with E-state index in [0.717, 1.165) is 36.6 Å². The highest BCUT2D eigenvalue weighted by Gasteiger charge is 2.20. The number of amides is 1. The van der Waals surface area contributed by atoms with Crippen LogP contribution < -0.4 is 5.32 Å². The van der Waals surface area contributed by atoms with E-state index in [1.54, 1.807) is 11.3 Å². The summed E-state index contributed by atoms with van der Waals surface area (Å²) in [5, 5.41) is 4.41. The van der Waals surface area contributed by atoms with E-state index in [4.69, 9.17) is 0 Å². The van der Waals surface area contributed by atoms with Crippen molar-refractivity contribution in [1.29, 1.82) is 0 Å². The molecule has 106 valence electrons. The molecule has 1 aliphatic rings. The first kappa shape index (κ1) is 13.5. The molecule has 20 heavy (non-hydrogen) atoms. The Hall–Kier alpha value is -1.46. The van der Waals surface area contributed by atoms with Gasteiger partial charge in [0.1, 0.15) is 0 Å². The summed E-state index contributed by atoms with van der Waals surface area (Å²) in [5.74, 6) is 0.248. The normalized spacial score (nSPS) is 19.4. The average molecular weight is 289 g/mol. The zero-order valence-corrected chi connectivity index (χ0v) is 12.4. The Labute approximate surface area is 122 Å². The van der Waals surface area contributed by atoms with Crippen LogP contribution in [0.2, 0.25) is 0 Å². The van der Waals surface area contributed by atoms with Crippen molar-refractivity contribution in [2.75, 3.05) is 19.6 Å². The predicted octanol–water partition coefficient (Wildman–Crippen LogP) is 2.05. The number of hydrogen-bond donors (Lipinski definition) is 1. The summed E-state index contributed by atoms with van der Waals surface area (Å²) in [6.07, 6.45) is 1.31. The molecular weight excluding hydrogens is 270 g/mol. The minimum absolute atomic E-state index is 0.248. The number of benzene rings is 1. The number of rotatable bonds is 3. The SMILES string of the molecule is CC1CN(C(=O)CCc2nc3ccccc3s2)CCN1. The molecule has 3 rings (SSSR count). The van der Waals surface area contributed by atoms with E-state index in [1.165, 1.54) is 4.70 Å². The van der Waals surface area contributed by atoms with E-state index in [9.17, 15) is 4.79 Å². The summed E-state index contributed by atoms with van der Waals surface area (Å²) in [4.78, 5) is 18.8. The van der Waals surface area contributed by atoms with E-state index in [2.05, 4.69) is 23.3 Å². The Morgan fingerprint density at radius 2 is 2.35 bits per heavy atom. The van der Waals surface area contributed by atoms with Gasteiger partial charge in [0, 0.05) is 38.5 Å². The fourth-order valence-corrected chi connectivity index (χ4v) is 3.52. The van der Waals surface area contributed by atoms with Crippen LogP contribution in [0.1, 0.15) is 18.4 Å². The van der Waals surface area contributed by atoms with Crippen molar-refractivity contribution >= 4 is 27.5 Å². The number of carbonyl (C=O) groups is 1. The van der Waals surface area contributed by atoms with Gasteiger partial charge in [-0.15, -0.1) is 11.3 Å². The van der Waals surface area contributed by atoms with E-state index in [-0.39, 0.29) is 5.91 Å². The Kier molecular flexibility index (Phi) is 3.98. The van der Waals surface area contributed by atoms with Crippen LogP contribution in [0.25, 0.3) is 10.2 Å². The highest BCUT2D eigenvalue weighted by atomic mass is 32.1. The number of nitrogens with zero attached hydrogens (tertiary/aromatic N) is 2. The molecule has 0 aliphatic carbocycles. The maximum absolute atomic E-state index is 12.2. The lowest BCUT2D eigenvalue weighted by Gasteiger charge is -2.31. The molecule has 1 amide bonds. The number of nitrogens with one attached hydrogen (secondary N) is 1. The molecule has 1 aliphatic heterocycles. The monoisotopic (exact) mass is 289 g/mol. The molecule has 1 saturated heterocycles. The second-order valence-electron chi connectivity index (χ2n) is 5.27. The first-order valence-electron chi connectivity index (χ1n) is 7.08. The minimum Gasteiger partial charge on any atom is -0.340 e. The van der Waals surface area contributed by atoms with Gasteiger partial charge in [-0.25, -0.2) is 4.98 Å². The molecule has 5 heteroatoms. The fraction of sp³-hybridized carbons (Fsp3) is 0.467. The smallest absolute Gasteiger partial charge is 0.223 e. The van der Waals surface area contributed by atoms with Crippen molar-refractivity contribution in [3.63, 3.8) is 0 Å². The highest BCUT2D eigenvalue weighted by molar-refractivity contribution is 7.18. The van der Waals surface area contributed by atoms with Gasteiger partial charge in [0.25, 0.3) is 0 Å². The Bertz CT molecular complexity index is 577. The largest absolute Gasteiger partial charge is 0.340 e. The first-order valence-corrected chi connectivity index (χ1v) is 7.89. The third-order valence-electron chi connectivity index (χ3n) is 3.61. The third-order valence-corrected chi connectivity index (χ3v) is 4.71. The van der Waals surface area contributed by atoms with E-state index < -0.39 is 0 Å². The minimum atomic E-state index is 0.248. The lowest BCUT2D eigenvalue weighted by atomic mass is 10.2. The summed E-state index contributed by atoms with van der Waals surface area (Å²) < 4.78 is 1.20. The Balaban J connectivity index is 1.59. The summed E-state index contributed by atoms with van der Waals surface area (Å²) in [7, 11) is 0. The maximum atomic E-state index is 12.2. The van der Waals surface area contributed by atoms with Gasteiger partial charge in [-0.3, -0.25) is 4.79 Å². The number of aromatic nitrogens is 1. The van der Waals surface area contributed by atoms with Crippen LogP contribution in [0.4, 0.5) is 0 Å². The molecule has 1 fully saturated rings. The standard InChI is InChI=1S/C15H19N3OS/c1-11-10-18(9-8-16-11)15(19)7-6-14-17-12-4-2-3-5-13(12)20-14/h2-5,11,16H,6-10H2,1H3. The van der Waals surface area contributed by atoms with Crippen molar-refractivity contribution in [2.45, 2.75) is 25.8 Å². The van der Waals surface area contributed by atoms with Gasteiger partial charge < -0.3 is 10.2 Å². The summed E-state index contributed by atoms with van der Waals surface area (Å²) >= 11 is 1.69. The molecule has 1 aromatic carbocycles. The van der Waals surface area contributed by atoms with Gasteiger partial charge in [0.05, 0.1) is 15.2 Å². The average Bonchev–Trinajstić information content (AvgIpc) is 2.87. The lowest BCUT2D eigenvalue weighted by molar-refractivity contribution is -0.132. The molecule has 1 unspecified atom stereocenters. The molecule has 0 saturated carbocycles. The third kappa shape index (κ3) is 2.99. The second kappa shape index (κ2) is 5.89. The summed E-state index contributed by atoms with van der Waals surface area (Å²) in [6, 6.07) is 8.53. The van der Waals surface area contributed by atoms with Crippen molar-refractivity contribution in [3.05, 3.63) is 29.3 Å². The molecular formula is C15H19N3OS. The molecule has 1 atom stereocenters. The molecule has 4 nitrogen and oxygen atoms in total. The highest BCUT2D eigenvalue weighted by Crippen LogP contribution is 2.22. The molecule has 0 bridgehead atoms. The number of aryl methyl sites for hydroxylation is 1. The van der Waals surface area contributed by atoms with Crippen LogP contribution in [-0.4, -0.2) is 41.5 Å². The van der Waals surface area contributed by atoms with Gasteiger partial charge in [0.2, 0.25) is 5.91 Å². The van der Waals surface area contributed by atoms with E-state index in [0.29, 0.717) is 12.5 Å². The number of fused-ring (bicyclic) bond motifs is 1. The second-order valence-corrected chi connectivity index (χ2v) is 6.39. The van der Waals surface area contributed by atoms with Crippen molar-refractivity contribution < 1.29 is 4.79 Å². The van der Waals surface area contributed by atoms with Crippen LogP contribution in [0.5, 0.6) is 0 Å². The first-order chi connectivity index (χ1) is 9.72. The van der Waals surface area contributed by atoms with Crippen LogP contribution >= 0.6 is 11.3 Å². The molecule has 0 radical (unpaired) electrons. The van der Waals surface area contributed by atoms with Crippen molar-refractivity contribution in [1.82, 2.24) is 15.2 Å². The Morgan fingerprint density at radius 1 is 1.50 bits per heavy atom. The van der Waals surface area contributed by atoms with Gasteiger partial charge in [-0.2, -0.15) is 0 Å². The van der Waals surface area contributed by atoms with Crippen molar-refractivity contribution in [2.24, 2.45) is 0 Å². The van der Waals surface area contributed by atoms with Crippen LogP contribution in [0.15, 0.2) is 24.3 Å². The lowest BCUT2D eigenvalue weighted by Crippen LogP contribution is -2.51. The van der Waals surface area contributed by atoms with Crippen LogP contribution in [-0.2, 0) is 11.2 Å². The number of thiazole rings is 1.